The van der Waals surface area contributed by atoms with Crippen molar-refractivity contribution in [3.05, 3.63) is 59.2 Å². The molecule has 4 N–H and O–H groups in total. The molecule has 0 radical (unpaired) electrons. The van der Waals surface area contributed by atoms with Crippen LogP contribution in [-0.4, -0.2) is 74.7 Å². The van der Waals surface area contributed by atoms with Gasteiger partial charge in [-0.1, -0.05) is 29.8 Å². The van der Waals surface area contributed by atoms with Crippen LogP contribution >= 0.6 is 11.6 Å². The van der Waals surface area contributed by atoms with Crippen molar-refractivity contribution in [1.82, 2.24) is 24.9 Å². The van der Waals surface area contributed by atoms with E-state index in [9.17, 15) is 8.42 Å². The van der Waals surface area contributed by atoms with Gasteiger partial charge in [-0.3, -0.25) is 4.90 Å². The number of thiol groups is 1. The third-order valence-electron chi connectivity index (χ3n) is 7.78. The smallest absolute Gasteiger partial charge is 0.229 e. The van der Waals surface area contributed by atoms with E-state index in [1.807, 2.05) is 30.3 Å². The van der Waals surface area contributed by atoms with Crippen LogP contribution in [0.1, 0.15) is 32.3 Å². The summed E-state index contributed by atoms with van der Waals surface area (Å²) in [4.78, 5) is 14.0. The third kappa shape index (κ3) is 7.61. The normalized spacial score (nSPS) is 20.1. The molecule has 2 aliphatic heterocycles. The number of piperidine rings is 1. The summed E-state index contributed by atoms with van der Waals surface area (Å²) in [6.45, 7) is 8.92. The van der Waals surface area contributed by atoms with Crippen LogP contribution in [0.4, 0.5) is 28.8 Å². The number of methoxy groups -OCH3 is 1. The SMILES string of the molecule is COc1cc(N2CCC(N3C[C@@H](C)N[C@@H](C)C3)CC2)ccc1Nc1ncc(Cl)c(Nc2ccccc2CN[SH](=O)=O)n1. The molecule has 3 heterocycles. The van der Waals surface area contributed by atoms with Gasteiger partial charge in [0, 0.05) is 68.3 Å². The van der Waals surface area contributed by atoms with Gasteiger partial charge in [0.05, 0.1) is 19.0 Å². The maximum Gasteiger partial charge on any atom is 0.229 e. The fraction of sp³-hybridized carbons (Fsp3) is 0.448. The van der Waals surface area contributed by atoms with Gasteiger partial charge in [-0.25, -0.2) is 18.1 Å². The predicted octanol–water partition coefficient (Wildman–Crippen LogP) is 3.89. The van der Waals surface area contributed by atoms with Gasteiger partial charge in [-0.15, -0.1) is 0 Å². The van der Waals surface area contributed by atoms with Crippen LogP contribution < -0.4 is 30.3 Å². The van der Waals surface area contributed by atoms with Gasteiger partial charge >= 0.3 is 0 Å². The minimum atomic E-state index is -2.71. The number of para-hydroxylation sites is 1. The molecule has 2 fully saturated rings. The van der Waals surface area contributed by atoms with Gasteiger partial charge in [0.1, 0.15) is 10.8 Å². The van der Waals surface area contributed by atoms with Crippen molar-refractivity contribution in [3.63, 3.8) is 0 Å². The molecular formula is C29H39ClN8O3S. The number of halogens is 1. The molecule has 226 valence electrons. The largest absolute Gasteiger partial charge is 0.494 e. The lowest BCUT2D eigenvalue weighted by Gasteiger charge is -2.44. The molecule has 13 heteroatoms. The van der Waals surface area contributed by atoms with Crippen LogP contribution in [0.3, 0.4) is 0 Å². The Morgan fingerprint density at radius 2 is 1.79 bits per heavy atom. The molecule has 5 rings (SSSR count). The van der Waals surface area contributed by atoms with Gasteiger partial charge in [-0.2, -0.15) is 4.98 Å². The van der Waals surface area contributed by atoms with Crippen molar-refractivity contribution < 1.29 is 13.2 Å². The van der Waals surface area contributed by atoms with E-state index in [0.717, 1.165) is 56.0 Å². The Morgan fingerprint density at radius 3 is 2.50 bits per heavy atom. The number of ether oxygens (including phenoxy) is 1. The third-order valence-corrected chi connectivity index (χ3v) is 8.47. The summed E-state index contributed by atoms with van der Waals surface area (Å²) in [6.07, 6.45) is 3.80. The van der Waals surface area contributed by atoms with Crippen molar-refractivity contribution in [2.75, 3.05) is 48.8 Å². The minimum Gasteiger partial charge on any atom is -0.494 e. The number of aromatic nitrogens is 2. The van der Waals surface area contributed by atoms with E-state index in [4.69, 9.17) is 16.3 Å². The van der Waals surface area contributed by atoms with Crippen molar-refractivity contribution >= 4 is 51.3 Å². The highest BCUT2D eigenvalue weighted by Crippen LogP contribution is 2.34. The molecule has 0 spiro atoms. The van der Waals surface area contributed by atoms with Crippen molar-refractivity contribution in [2.24, 2.45) is 0 Å². The molecule has 2 aromatic carbocycles. The zero-order valence-electron chi connectivity index (χ0n) is 24.1. The highest BCUT2D eigenvalue weighted by Gasteiger charge is 2.30. The molecule has 0 saturated carbocycles. The van der Waals surface area contributed by atoms with Gasteiger partial charge in [0.15, 0.2) is 5.82 Å². The average molecular weight is 615 g/mol. The highest BCUT2D eigenvalue weighted by molar-refractivity contribution is 7.70. The van der Waals surface area contributed by atoms with Gasteiger partial charge in [0.2, 0.25) is 16.8 Å². The lowest BCUT2D eigenvalue weighted by Crippen LogP contribution is -2.58. The Kier molecular flexibility index (Phi) is 10.0. The van der Waals surface area contributed by atoms with Gasteiger partial charge in [0.25, 0.3) is 0 Å². The lowest BCUT2D eigenvalue weighted by atomic mass is 9.99. The molecule has 3 aromatic rings. The summed E-state index contributed by atoms with van der Waals surface area (Å²) < 4.78 is 30.2. The zero-order chi connectivity index (χ0) is 29.6. The summed E-state index contributed by atoms with van der Waals surface area (Å²) in [5, 5.41) is 10.4. The maximum atomic E-state index is 11.0. The standard InChI is InChI=1S/C29H39ClN8O3S/c1-19-17-38(18-20(2)33-19)22-10-12-37(13-11-22)23-8-9-26(27(14-23)41-3)35-29-31-16-24(30)28(36-29)34-25-7-5-4-6-21(25)15-32-42(39)40/h4-9,14,16,19-20,22,33,42H,10-13,15,17-18H2,1-3H3,(H,32,39,40)(H2,31,34,35,36)/t19-,20+. The summed E-state index contributed by atoms with van der Waals surface area (Å²) in [6, 6.07) is 15.1. The van der Waals surface area contributed by atoms with Gasteiger partial charge in [-0.05, 0) is 50.5 Å². The van der Waals surface area contributed by atoms with Crippen molar-refractivity contribution in [2.45, 2.75) is 51.4 Å². The number of nitrogens with zero attached hydrogens (tertiary/aromatic N) is 4. The first-order valence-corrected chi connectivity index (χ1v) is 15.8. The van der Waals surface area contributed by atoms with E-state index < -0.39 is 10.9 Å². The molecule has 2 atom stereocenters. The Balaban J connectivity index is 1.25. The van der Waals surface area contributed by atoms with E-state index in [1.54, 1.807) is 7.11 Å². The number of nitrogens with one attached hydrogen (secondary N) is 4. The van der Waals surface area contributed by atoms with E-state index in [0.29, 0.717) is 46.4 Å². The fourth-order valence-corrected chi connectivity index (χ4v) is 6.28. The highest BCUT2D eigenvalue weighted by atomic mass is 35.5. The fourth-order valence-electron chi connectivity index (χ4n) is 5.85. The molecule has 0 amide bonds. The van der Waals surface area contributed by atoms with E-state index in [-0.39, 0.29) is 6.54 Å². The molecular weight excluding hydrogens is 576 g/mol. The number of rotatable bonds is 10. The average Bonchev–Trinajstić information content (AvgIpc) is 2.98. The minimum absolute atomic E-state index is 0.144. The van der Waals surface area contributed by atoms with E-state index in [2.05, 4.69) is 66.4 Å². The van der Waals surface area contributed by atoms with E-state index >= 15 is 0 Å². The molecule has 0 aliphatic carbocycles. The monoisotopic (exact) mass is 614 g/mol. The molecule has 11 nitrogen and oxygen atoms in total. The molecule has 2 aliphatic rings. The number of benzene rings is 2. The second-order valence-corrected chi connectivity index (χ2v) is 12.2. The summed E-state index contributed by atoms with van der Waals surface area (Å²) in [7, 11) is -1.06. The van der Waals surface area contributed by atoms with Crippen LogP contribution in [0.5, 0.6) is 5.75 Å². The predicted molar refractivity (Wildman–Crippen MR) is 169 cm³/mol. The first-order valence-electron chi connectivity index (χ1n) is 14.2. The summed E-state index contributed by atoms with van der Waals surface area (Å²) >= 11 is 6.40. The first-order chi connectivity index (χ1) is 20.3. The zero-order valence-corrected chi connectivity index (χ0v) is 25.8. The van der Waals surface area contributed by atoms with Crippen molar-refractivity contribution in [1.29, 1.82) is 0 Å². The van der Waals surface area contributed by atoms with Crippen LogP contribution in [0.2, 0.25) is 5.02 Å². The lowest BCUT2D eigenvalue weighted by molar-refractivity contribution is 0.107. The summed E-state index contributed by atoms with van der Waals surface area (Å²) in [5.41, 5.74) is 3.29. The maximum absolute atomic E-state index is 11.0. The Hall–Kier alpha value is -3.16. The number of piperazine rings is 1. The Labute approximate surface area is 254 Å². The summed E-state index contributed by atoms with van der Waals surface area (Å²) in [5.74, 6) is 1.42. The van der Waals surface area contributed by atoms with Crippen LogP contribution in [0.15, 0.2) is 48.7 Å². The second kappa shape index (κ2) is 13.9. The van der Waals surface area contributed by atoms with Gasteiger partial charge < -0.3 is 25.6 Å². The molecule has 2 saturated heterocycles. The topological polar surface area (TPSA) is 124 Å². The second-order valence-electron chi connectivity index (χ2n) is 10.9. The molecule has 0 bridgehead atoms. The Morgan fingerprint density at radius 1 is 1.05 bits per heavy atom. The number of hydrogen-bond acceptors (Lipinski definition) is 10. The molecule has 42 heavy (non-hydrogen) atoms. The van der Waals surface area contributed by atoms with Crippen molar-refractivity contribution in [3.8, 4) is 5.75 Å². The molecule has 0 unspecified atom stereocenters. The van der Waals surface area contributed by atoms with E-state index in [1.165, 1.54) is 6.20 Å². The molecule has 1 aromatic heterocycles. The first kappa shape index (κ1) is 30.3. The van der Waals surface area contributed by atoms with Crippen LogP contribution in [0.25, 0.3) is 0 Å². The Bertz CT molecular complexity index is 1430. The number of anilines is 5. The number of hydrogen-bond donors (Lipinski definition) is 5. The quantitative estimate of drug-likeness (QED) is 0.215. The van der Waals surface area contributed by atoms with Crippen LogP contribution in [0, 0.1) is 0 Å². The van der Waals surface area contributed by atoms with Crippen LogP contribution in [-0.2, 0) is 17.4 Å².